The minimum atomic E-state index is -2.86. The maximum absolute atomic E-state index is 11.6. The standard InChI is InChI=1S/C6H8F4O2/c7-4(8)1-3(6(11)12)2-5(9)10/h3-5H,1-2H2,(H,11,12). The number of carboxylic acid groups (broad SMARTS) is 1. The molecule has 0 aromatic rings. The van der Waals surface area contributed by atoms with Crippen molar-refractivity contribution >= 4 is 5.97 Å². The Bertz CT molecular complexity index is 138. The zero-order valence-corrected chi connectivity index (χ0v) is 6.01. The third-order valence-corrected chi connectivity index (χ3v) is 1.27. The van der Waals surface area contributed by atoms with E-state index in [0.717, 1.165) is 0 Å². The summed E-state index contributed by atoms with van der Waals surface area (Å²) in [6.07, 6.45) is -7.74. The first-order valence-electron chi connectivity index (χ1n) is 3.22. The molecule has 0 aromatic heterocycles. The quantitative estimate of drug-likeness (QED) is 0.670. The highest BCUT2D eigenvalue weighted by molar-refractivity contribution is 5.69. The lowest BCUT2D eigenvalue weighted by Gasteiger charge is -2.09. The summed E-state index contributed by atoms with van der Waals surface area (Å²) in [5.41, 5.74) is 0. The fourth-order valence-corrected chi connectivity index (χ4v) is 0.728. The highest BCUT2D eigenvalue weighted by Crippen LogP contribution is 2.18. The van der Waals surface area contributed by atoms with E-state index in [-0.39, 0.29) is 0 Å². The van der Waals surface area contributed by atoms with Gasteiger partial charge in [-0.05, 0) is 0 Å². The van der Waals surface area contributed by atoms with Crippen LogP contribution in [0.4, 0.5) is 17.6 Å². The zero-order chi connectivity index (χ0) is 9.72. The summed E-state index contributed by atoms with van der Waals surface area (Å²) < 4.78 is 46.3. The van der Waals surface area contributed by atoms with Crippen molar-refractivity contribution in [1.82, 2.24) is 0 Å². The van der Waals surface area contributed by atoms with Crippen LogP contribution in [0.3, 0.4) is 0 Å². The minimum absolute atomic E-state index is 1.01. The van der Waals surface area contributed by atoms with Gasteiger partial charge in [-0.1, -0.05) is 0 Å². The predicted molar refractivity (Wildman–Crippen MR) is 32.4 cm³/mol. The van der Waals surface area contributed by atoms with E-state index >= 15 is 0 Å². The maximum atomic E-state index is 11.6. The minimum Gasteiger partial charge on any atom is -0.481 e. The lowest BCUT2D eigenvalue weighted by atomic mass is 10.0. The first-order chi connectivity index (χ1) is 5.43. The Labute approximate surface area is 66.2 Å². The lowest BCUT2D eigenvalue weighted by Crippen LogP contribution is -2.19. The number of alkyl halides is 4. The molecule has 0 unspecified atom stereocenters. The van der Waals surface area contributed by atoms with Crippen LogP contribution >= 0.6 is 0 Å². The topological polar surface area (TPSA) is 37.3 Å². The number of carboxylic acids is 1. The second-order valence-corrected chi connectivity index (χ2v) is 2.29. The van der Waals surface area contributed by atoms with Crippen molar-refractivity contribution in [3.8, 4) is 0 Å². The molecule has 0 bridgehead atoms. The summed E-state index contributed by atoms with van der Waals surface area (Å²) in [5, 5.41) is 8.20. The molecular formula is C6H8F4O2. The average Bonchev–Trinajstić information content (AvgIpc) is 1.83. The Morgan fingerprint density at radius 1 is 1.08 bits per heavy atom. The summed E-state index contributed by atoms with van der Waals surface area (Å²) in [5.74, 6) is -3.25. The van der Waals surface area contributed by atoms with Gasteiger partial charge in [0.15, 0.2) is 0 Å². The maximum Gasteiger partial charge on any atom is 0.306 e. The van der Waals surface area contributed by atoms with Crippen molar-refractivity contribution in [2.24, 2.45) is 5.92 Å². The molecule has 72 valence electrons. The van der Waals surface area contributed by atoms with Crippen LogP contribution in [0.15, 0.2) is 0 Å². The van der Waals surface area contributed by atoms with Crippen LogP contribution < -0.4 is 0 Å². The van der Waals surface area contributed by atoms with Crippen LogP contribution in [0, 0.1) is 5.92 Å². The molecule has 0 aliphatic carbocycles. The Balaban J connectivity index is 3.96. The van der Waals surface area contributed by atoms with Crippen molar-refractivity contribution in [3.05, 3.63) is 0 Å². The first kappa shape index (κ1) is 11.2. The van der Waals surface area contributed by atoms with Crippen molar-refractivity contribution in [2.45, 2.75) is 25.7 Å². The van der Waals surface area contributed by atoms with E-state index in [0.29, 0.717) is 0 Å². The van der Waals surface area contributed by atoms with Crippen LogP contribution in [0.25, 0.3) is 0 Å². The Morgan fingerprint density at radius 2 is 1.42 bits per heavy atom. The number of aliphatic carboxylic acids is 1. The normalized spacial score (nSPS) is 11.6. The van der Waals surface area contributed by atoms with Gasteiger partial charge in [-0.15, -0.1) is 0 Å². The fraction of sp³-hybridized carbons (Fsp3) is 0.833. The Kier molecular flexibility index (Phi) is 4.61. The smallest absolute Gasteiger partial charge is 0.306 e. The average molecular weight is 188 g/mol. The molecule has 12 heavy (non-hydrogen) atoms. The summed E-state index contributed by atoms with van der Waals surface area (Å²) >= 11 is 0. The van der Waals surface area contributed by atoms with Crippen molar-refractivity contribution in [2.75, 3.05) is 0 Å². The summed E-state index contributed by atoms with van der Waals surface area (Å²) in [4.78, 5) is 10.1. The highest BCUT2D eigenvalue weighted by atomic mass is 19.3. The van der Waals surface area contributed by atoms with Gasteiger partial charge in [0.25, 0.3) is 0 Å². The molecule has 0 rings (SSSR count). The van der Waals surface area contributed by atoms with Gasteiger partial charge in [0.2, 0.25) is 12.9 Å². The van der Waals surface area contributed by atoms with Gasteiger partial charge in [0, 0.05) is 12.8 Å². The van der Waals surface area contributed by atoms with Crippen LogP contribution in [0.5, 0.6) is 0 Å². The molecule has 0 radical (unpaired) electrons. The van der Waals surface area contributed by atoms with E-state index in [1.807, 2.05) is 0 Å². The van der Waals surface area contributed by atoms with E-state index < -0.39 is 37.6 Å². The van der Waals surface area contributed by atoms with Crippen molar-refractivity contribution < 1.29 is 27.5 Å². The number of halogens is 4. The van der Waals surface area contributed by atoms with Crippen LogP contribution in [-0.4, -0.2) is 23.9 Å². The SMILES string of the molecule is O=C(O)C(CC(F)F)CC(F)F. The highest BCUT2D eigenvalue weighted by Gasteiger charge is 2.25. The summed E-state index contributed by atoms with van der Waals surface area (Å²) in [6, 6.07) is 0. The van der Waals surface area contributed by atoms with E-state index in [1.54, 1.807) is 0 Å². The lowest BCUT2D eigenvalue weighted by molar-refractivity contribution is -0.144. The van der Waals surface area contributed by atoms with E-state index in [9.17, 15) is 22.4 Å². The van der Waals surface area contributed by atoms with Crippen LogP contribution in [-0.2, 0) is 4.79 Å². The Hall–Kier alpha value is -0.810. The fourth-order valence-electron chi connectivity index (χ4n) is 0.728. The molecule has 0 saturated carbocycles. The van der Waals surface area contributed by atoms with Gasteiger partial charge in [-0.2, -0.15) is 0 Å². The monoisotopic (exact) mass is 188 g/mol. The number of hydrogen-bond donors (Lipinski definition) is 1. The van der Waals surface area contributed by atoms with Gasteiger partial charge < -0.3 is 5.11 Å². The van der Waals surface area contributed by atoms with E-state index in [1.165, 1.54) is 0 Å². The van der Waals surface area contributed by atoms with Gasteiger partial charge in [-0.25, -0.2) is 17.6 Å². The molecule has 0 fully saturated rings. The predicted octanol–water partition coefficient (Wildman–Crippen LogP) is 2.00. The summed E-state index contributed by atoms with van der Waals surface area (Å²) in [6.45, 7) is 0. The zero-order valence-electron chi connectivity index (χ0n) is 6.01. The number of rotatable bonds is 5. The van der Waals surface area contributed by atoms with Gasteiger partial charge in [0.1, 0.15) is 0 Å². The largest absolute Gasteiger partial charge is 0.481 e. The first-order valence-corrected chi connectivity index (χ1v) is 3.22. The third-order valence-electron chi connectivity index (χ3n) is 1.27. The number of hydrogen-bond acceptors (Lipinski definition) is 1. The molecular weight excluding hydrogens is 180 g/mol. The van der Waals surface area contributed by atoms with Gasteiger partial charge in [-0.3, -0.25) is 4.79 Å². The van der Waals surface area contributed by atoms with Crippen LogP contribution in [0.2, 0.25) is 0 Å². The molecule has 6 heteroatoms. The molecule has 0 aliphatic heterocycles. The molecule has 2 nitrogen and oxygen atoms in total. The number of carbonyl (C=O) groups is 1. The van der Waals surface area contributed by atoms with Crippen LogP contribution in [0.1, 0.15) is 12.8 Å². The second-order valence-electron chi connectivity index (χ2n) is 2.29. The van der Waals surface area contributed by atoms with Gasteiger partial charge in [0.05, 0.1) is 5.92 Å². The molecule has 0 aliphatic rings. The van der Waals surface area contributed by atoms with Crippen molar-refractivity contribution in [1.29, 1.82) is 0 Å². The summed E-state index contributed by atoms with van der Waals surface area (Å²) in [7, 11) is 0. The molecule has 0 aromatic carbocycles. The van der Waals surface area contributed by atoms with E-state index in [4.69, 9.17) is 5.11 Å². The Morgan fingerprint density at radius 3 is 1.58 bits per heavy atom. The molecule has 0 amide bonds. The van der Waals surface area contributed by atoms with E-state index in [2.05, 4.69) is 0 Å². The molecule has 1 N–H and O–H groups in total. The van der Waals surface area contributed by atoms with Gasteiger partial charge >= 0.3 is 5.97 Å². The molecule has 0 atom stereocenters. The molecule has 0 heterocycles. The second kappa shape index (κ2) is 4.95. The third kappa shape index (κ3) is 4.92. The molecule has 0 spiro atoms. The van der Waals surface area contributed by atoms with Crippen molar-refractivity contribution in [3.63, 3.8) is 0 Å². The molecule has 0 saturated heterocycles.